The number of likely N-dealkylation sites (N-methyl/N-ethyl adjacent to an activating group) is 1. The van der Waals surface area contributed by atoms with Crippen molar-refractivity contribution in [2.24, 2.45) is 0 Å². The quantitative estimate of drug-likeness (QED) is 0.618. The van der Waals surface area contributed by atoms with Crippen LogP contribution in [0.15, 0.2) is 45.8 Å². The molecule has 2 amide bonds. The molecule has 0 aromatic heterocycles. The Kier molecular flexibility index (Phi) is 6.64. The van der Waals surface area contributed by atoms with E-state index in [9.17, 15) is 18.0 Å². The highest BCUT2D eigenvalue weighted by molar-refractivity contribution is 9.10. The van der Waals surface area contributed by atoms with Crippen LogP contribution in [0.25, 0.3) is 0 Å². The molecule has 9 heteroatoms. The number of aryl methyl sites for hydroxylation is 2. The van der Waals surface area contributed by atoms with Gasteiger partial charge in [-0.25, -0.2) is 13.1 Å². The predicted molar refractivity (Wildman–Crippen MR) is 119 cm³/mol. The third-order valence-electron chi connectivity index (χ3n) is 4.84. The molecule has 7 nitrogen and oxygen atoms in total. The number of amides is 2. The summed E-state index contributed by atoms with van der Waals surface area (Å²) < 4.78 is 28.5. The number of sulfonamides is 1. The first-order valence-electron chi connectivity index (χ1n) is 9.51. The second-order valence-electron chi connectivity index (χ2n) is 7.54. The molecule has 0 atom stereocenters. The number of carbonyl (C=O) groups excluding carboxylic acids is 2. The molecule has 30 heavy (non-hydrogen) atoms. The van der Waals surface area contributed by atoms with Crippen molar-refractivity contribution >= 4 is 43.5 Å². The molecule has 2 aromatic rings. The number of hydrogen-bond acceptors (Lipinski definition) is 4. The van der Waals surface area contributed by atoms with Gasteiger partial charge in [-0.1, -0.05) is 22.0 Å². The van der Waals surface area contributed by atoms with Gasteiger partial charge in [-0.05, 0) is 68.1 Å². The van der Waals surface area contributed by atoms with Gasteiger partial charge in [0.05, 0.1) is 11.4 Å². The number of hydrogen-bond donors (Lipinski definition) is 2. The van der Waals surface area contributed by atoms with Crippen LogP contribution < -0.4 is 10.0 Å². The Labute approximate surface area is 185 Å². The molecule has 2 N–H and O–H groups in total. The topological polar surface area (TPSA) is 95.6 Å². The molecule has 0 radical (unpaired) electrons. The fourth-order valence-electron chi connectivity index (χ4n) is 2.94. The van der Waals surface area contributed by atoms with E-state index >= 15 is 0 Å². The molecule has 2 aromatic carbocycles. The largest absolute Gasteiger partial charge is 0.332 e. The van der Waals surface area contributed by atoms with Crippen LogP contribution in [0.3, 0.4) is 0 Å². The summed E-state index contributed by atoms with van der Waals surface area (Å²) in [5.41, 5.74) is 2.45. The number of nitrogens with one attached hydrogen (secondary N) is 2. The van der Waals surface area contributed by atoms with Gasteiger partial charge in [0.25, 0.3) is 5.91 Å². The lowest BCUT2D eigenvalue weighted by Crippen LogP contribution is -2.35. The first-order valence-corrected chi connectivity index (χ1v) is 11.8. The average Bonchev–Trinajstić information content (AvgIpc) is 3.47. The fraction of sp³-hybridized carbons (Fsp3) is 0.333. The molecular formula is C21H24BrN3O4S. The van der Waals surface area contributed by atoms with Gasteiger partial charge in [0.1, 0.15) is 0 Å². The molecule has 0 unspecified atom stereocenters. The van der Waals surface area contributed by atoms with E-state index in [4.69, 9.17) is 0 Å². The Bertz CT molecular complexity index is 1100. The zero-order valence-electron chi connectivity index (χ0n) is 17.0. The van der Waals surface area contributed by atoms with Crippen molar-refractivity contribution in [1.29, 1.82) is 0 Å². The summed E-state index contributed by atoms with van der Waals surface area (Å²) in [6.45, 7) is 3.45. The minimum Gasteiger partial charge on any atom is -0.332 e. The van der Waals surface area contributed by atoms with Gasteiger partial charge in [0, 0.05) is 28.8 Å². The number of anilines is 1. The Hall–Kier alpha value is -2.23. The molecule has 0 heterocycles. The second kappa shape index (κ2) is 8.87. The van der Waals surface area contributed by atoms with Crippen LogP contribution in [-0.4, -0.2) is 44.8 Å². The zero-order chi connectivity index (χ0) is 22.1. The molecule has 0 spiro atoms. The molecule has 1 fully saturated rings. The van der Waals surface area contributed by atoms with Crippen molar-refractivity contribution in [3.05, 3.63) is 57.6 Å². The summed E-state index contributed by atoms with van der Waals surface area (Å²) in [4.78, 5) is 26.6. The zero-order valence-corrected chi connectivity index (χ0v) is 19.4. The van der Waals surface area contributed by atoms with Crippen LogP contribution in [0, 0.1) is 13.8 Å². The highest BCUT2D eigenvalue weighted by atomic mass is 79.9. The monoisotopic (exact) mass is 493 g/mol. The van der Waals surface area contributed by atoms with Crippen molar-refractivity contribution in [2.45, 2.75) is 37.6 Å². The summed E-state index contributed by atoms with van der Waals surface area (Å²) in [6, 6.07) is 9.93. The van der Waals surface area contributed by atoms with Gasteiger partial charge >= 0.3 is 0 Å². The van der Waals surface area contributed by atoms with Crippen LogP contribution in [0.2, 0.25) is 0 Å². The first kappa shape index (κ1) is 22.5. The fourth-order valence-corrected chi connectivity index (χ4v) is 4.74. The summed E-state index contributed by atoms with van der Waals surface area (Å²) in [6.07, 6.45) is 1.65. The van der Waals surface area contributed by atoms with E-state index in [1.54, 1.807) is 19.1 Å². The highest BCUT2D eigenvalue weighted by Gasteiger charge is 2.29. The Balaban J connectivity index is 1.72. The molecule has 1 saturated carbocycles. The van der Waals surface area contributed by atoms with Crippen molar-refractivity contribution in [3.8, 4) is 0 Å². The first-order chi connectivity index (χ1) is 14.1. The maximum atomic E-state index is 12.9. The Morgan fingerprint density at radius 3 is 2.43 bits per heavy atom. The number of benzene rings is 2. The summed E-state index contributed by atoms with van der Waals surface area (Å²) in [5, 5.41) is 2.79. The van der Waals surface area contributed by atoms with Crippen LogP contribution in [-0.2, 0) is 14.8 Å². The van der Waals surface area contributed by atoms with E-state index in [0.717, 1.165) is 22.9 Å². The highest BCUT2D eigenvalue weighted by Crippen LogP contribution is 2.24. The maximum Gasteiger partial charge on any atom is 0.254 e. The Morgan fingerprint density at radius 2 is 1.80 bits per heavy atom. The van der Waals surface area contributed by atoms with E-state index < -0.39 is 15.9 Å². The number of rotatable bonds is 7. The van der Waals surface area contributed by atoms with Crippen molar-refractivity contribution < 1.29 is 18.0 Å². The van der Waals surface area contributed by atoms with E-state index in [2.05, 4.69) is 26.0 Å². The van der Waals surface area contributed by atoms with E-state index in [1.165, 1.54) is 24.1 Å². The molecule has 3 rings (SSSR count). The lowest BCUT2D eigenvalue weighted by Gasteiger charge is -2.19. The van der Waals surface area contributed by atoms with Crippen LogP contribution >= 0.6 is 15.9 Å². The van der Waals surface area contributed by atoms with Gasteiger partial charge < -0.3 is 10.2 Å². The lowest BCUT2D eigenvalue weighted by atomic mass is 10.1. The third-order valence-corrected chi connectivity index (χ3v) is 6.85. The predicted octanol–water partition coefficient (Wildman–Crippen LogP) is 3.22. The van der Waals surface area contributed by atoms with E-state index in [0.29, 0.717) is 11.3 Å². The van der Waals surface area contributed by atoms with Gasteiger partial charge in [0.2, 0.25) is 15.9 Å². The normalized spacial score (nSPS) is 13.7. The van der Waals surface area contributed by atoms with Crippen LogP contribution in [0.1, 0.15) is 34.3 Å². The standard InChI is InChI=1S/C21H24BrN3O4S/c1-13-4-8-17(30(28,29)24-16-6-7-16)11-18(13)21(27)25(3)12-20(26)23-19-9-5-15(22)10-14(19)2/h4-5,8-11,16,24H,6-7,12H2,1-3H3,(H,23,26). The lowest BCUT2D eigenvalue weighted by molar-refractivity contribution is -0.116. The van der Waals surface area contributed by atoms with Gasteiger partial charge in [0.15, 0.2) is 0 Å². The van der Waals surface area contributed by atoms with E-state index in [1.807, 2.05) is 19.1 Å². The van der Waals surface area contributed by atoms with Gasteiger partial charge in [-0.15, -0.1) is 0 Å². The molecule has 1 aliphatic rings. The average molecular weight is 494 g/mol. The number of nitrogens with zero attached hydrogens (tertiary/aromatic N) is 1. The van der Waals surface area contributed by atoms with Gasteiger partial charge in [-0.2, -0.15) is 0 Å². The third kappa shape index (κ3) is 5.47. The second-order valence-corrected chi connectivity index (χ2v) is 10.2. The minimum atomic E-state index is -3.67. The number of halogens is 1. The van der Waals surface area contributed by atoms with Crippen molar-refractivity contribution in [3.63, 3.8) is 0 Å². The van der Waals surface area contributed by atoms with Crippen LogP contribution in [0.5, 0.6) is 0 Å². The summed E-state index contributed by atoms with van der Waals surface area (Å²) in [5.74, 6) is -0.758. The maximum absolute atomic E-state index is 12.9. The SMILES string of the molecule is Cc1cc(Br)ccc1NC(=O)CN(C)C(=O)c1cc(S(=O)(=O)NC2CC2)ccc1C. The number of carbonyl (C=O) groups is 2. The van der Waals surface area contributed by atoms with Crippen LogP contribution in [0.4, 0.5) is 5.69 Å². The smallest absolute Gasteiger partial charge is 0.254 e. The molecule has 160 valence electrons. The molecule has 0 bridgehead atoms. The minimum absolute atomic E-state index is 0.0242. The van der Waals surface area contributed by atoms with E-state index in [-0.39, 0.29) is 29.0 Å². The summed E-state index contributed by atoms with van der Waals surface area (Å²) in [7, 11) is -2.16. The molecule has 1 aliphatic carbocycles. The van der Waals surface area contributed by atoms with Gasteiger partial charge in [-0.3, -0.25) is 9.59 Å². The van der Waals surface area contributed by atoms with Crippen molar-refractivity contribution in [2.75, 3.05) is 18.9 Å². The molecular weight excluding hydrogens is 470 g/mol. The summed E-state index contributed by atoms with van der Waals surface area (Å²) >= 11 is 3.38. The molecule has 0 saturated heterocycles. The van der Waals surface area contributed by atoms with Crippen molar-refractivity contribution in [1.82, 2.24) is 9.62 Å². The molecule has 0 aliphatic heterocycles. The Morgan fingerprint density at radius 1 is 1.10 bits per heavy atom.